The maximum Gasteiger partial charge on any atom is 0.361 e. The van der Waals surface area contributed by atoms with E-state index in [9.17, 15) is 18.4 Å². The third-order valence-electron chi connectivity index (χ3n) is 2.83. The number of methoxy groups -OCH3 is 2. The first-order valence-corrected chi connectivity index (χ1v) is 6.02. The van der Waals surface area contributed by atoms with Crippen molar-refractivity contribution in [3.8, 4) is 0 Å². The highest BCUT2D eigenvalue weighted by Gasteiger charge is 2.27. The van der Waals surface area contributed by atoms with Crippen LogP contribution < -0.4 is 0 Å². The highest BCUT2D eigenvalue weighted by Crippen LogP contribution is 2.14. The summed E-state index contributed by atoms with van der Waals surface area (Å²) >= 11 is 0. The molecule has 0 aliphatic heterocycles. The van der Waals surface area contributed by atoms with Crippen LogP contribution in [0.3, 0.4) is 0 Å². The molecule has 0 radical (unpaired) electrons. The van der Waals surface area contributed by atoms with Crippen LogP contribution in [0.25, 0.3) is 0 Å². The van der Waals surface area contributed by atoms with E-state index in [1.54, 1.807) is 0 Å². The van der Waals surface area contributed by atoms with Crippen LogP contribution >= 0.6 is 0 Å². The monoisotopic (exact) mass is 311 g/mol. The van der Waals surface area contributed by atoms with Crippen LogP contribution in [-0.4, -0.2) is 41.2 Å². The average Bonchev–Trinajstić information content (AvgIpc) is 2.92. The second-order valence-electron chi connectivity index (χ2n) is 4.16. The van der Waals surface area contributed by atoms with Crippen LogP contribution in [0, 0.1) is 11.6 Å². The van der Waals surface area contributed by atoms with E-state index in [0.717, 1.165) is 25.0 Å². The van der Waals surface area contributed by atoms with Crippen molar-refractivity contribution in [2.24, 2.45) is 0 Å². The van der Waals surface area contributed by atoms with Crippen molar-refractivity contribution in [1.29, 1.82) is 0 Å². The maximum absolute atomic E-state index is 13.7. The molecule has 2 aromatic rings. The number of carbonyl (C=O) groups is 2. The summed E-state index contributed by atoms with van der Waals surface area (Å²) in [6.07, 6.45) is 0. The van der Waals surface area contributed by atoms with Gasteiger partial charge in [0.15, 0.2) is 5.69 Å². The van der Waals surface area contributed by atoms with Crippen LogP contribution in [0.1, 0.15) is 26.5 Å². The summed E-state index contributed by atoms with van der Waals surface area (Å²) in [5.41, 5.74) is -0.567. The SMILES string of the molecule is COC(=O)c1nnn(Cc2ccc(F)cc2F)c1C(=O)OC. The summed E-state index contributed by atoms with van der Waals surface area (Å²) in [7, 11) is 2.22. The fraction of sp³-hybridized carbons (Fsp3) is 0.231. The number of rotatable bonds is 4. The van der Waals surface area contributed by atoms with Crippen LogP contribution in [0.15, 0.2) is 18.2 Å². The lowest BCUT2D eigenvalue weighted by Crippen LogP contribution is -2.17. The van der Waals surface area contributed by atoms with E-state index < -0.39 is 23.6 Å². The number of nitrogens with zero attached hydrogens (tertiary/aromatic N) is 3. The van der Waals surface area contributed by atoms with Crippen molar-refractivity contribution in [1.82, 2.24) is 15.0 Å². The van der Waals surface area contributed by atoms with Crippen LogP contribution in [0.4, 0.5) is 8.78 Å². The van der Waals surface area contributed by atoms with E-state index in [0.29, 0.717) is 6.07 Å². The first kappa shape index (κ1) is 15.5. The Morgan fingerprint density at radius 3 is 2.45 bits per heavy atom. The van der Waals surface area contributed by atoms with Gasteiger partial charge in [-0.2, -0.15) is 0 Å². The van der Waals surface area contributed by atoms with E-state index in [4.69, 9.17) is 0 Å². The molecule has 0 fully saturated rings. The topological polar surface area (TPSA) is 83.3 Å². The molecule has 0 saturated heterocycles. The number of aromatic nitrogens is 3. The molecule has 1 aromatic carbocycles. The molecule has 0 unspecified atom stereocenters. The number of halogens is 2. The molecule has 0 bridgehead atoms. The zero-order valence-electron chi connectivity index (χ0n) is 11.7. The van der Waals surface area contributed by atoms with Gasteiger partial charge >= 0.3 is 11.9 Å². The number of carbonyl (C=O) groups excluding carboxylic acids is 2. The van der Waals surface area contributed by atoms with Crippen molar-refractivity contribution in [3.63, 3.8) is 0 Å². The quantitative estimate of drug-likeness (QED) is 0.788. The zero-order valence-corrected chi connectivity index (χ0v) is 11.7. The zero-order chi connectivity index (χ0) is 16.3. The molecule has 0 spiro atoms. The van der Waals surface area contributed by atoms with Crippen molar-refractivity contribution < 1.29 is 27.8 Å². The van der Waals surface area contributed by atoms with Gasteiger partial charge in [-0.3, -0.25) is 0 Å². The lowest BCUT2D eigenvalue weighted by Gasteiger charge is -2.07. The molecule has 0 atom stereocenters. The van der Waals surface area contributed by atoms with Gasteiger partial charge in [-0.1, -0.05) is 11.3 Å². The Morgan fingerprint density at radius 2 is 1.86 bits per heavy atom. The van der Waals surface area contributed by atoms with E-state index in [2.05, 4.69) is 19.8 Å². The van der Waals surface area contributed by atoms with E-state index in [1.807, 2.05) is 0 Å². The molecule has 0 N–H and O–H groups in total. The number of hydrogen-bond donors (Lipinski definition) is 0. The van der Waals surface area contributed by atoms with Crippen molar-refractivity contribution in [3.05, 3.63) is 46.8 Å². The van der Waals surface area contributed by atoms with Crippen LogP contribution in [0.5, 0.6) is 0 Å². The molecule has 1 heterocycles. The van der Waals surface area contributed by atoms with Gasteiger partial charge in [-0.25, -0.2) is 23.1 Å². The highest BCUT2D eigenvalue weighted by molar-refractivity contribution is 6.00. The van der Waals surface area contributed by atoms with Crippen LogP contribution in [-0.2, 0) is 16.0 Å². The standard InChI is InChI=1S/C13H11F2N3O4/c1-21-12(19)10-11(13(20)22-2)18(17-16-10)6-7-3-4-8(14)5-9(7)15/h3-5H,6H2,1-2H3. The lowest BCUT2D eigenvalue weighted by atomic mass is 10.2. The van der Waals surface area contributed by atoms with Gasteiger partial charge in [0.2, 0.25) is 5.69 Å². The fourth-order valence-corrected chi connectivity index (χ4v) is 1.77. The predicted molar refractivity (Wildman–Crippen MR) is 68.2 cm³/mol. The molecule has 22 heavy (non-hydrogen) atoms. The summed E-state index contributed by atoms with van der Waals surface area (Å²) in [6.45, 7) is -0.236. The Labute approximate surface area is 123 Å². The van der Waals surface area contributed by atoms with E-state index in [-0.39, 0.29) is 23.5 Å². The Morgan fingerprint density at radius 1 is 1.18 bits per heavy atom. The molecule has 7 nitrogen and oxygen atoms in total. The number of esters is 2. The first-order valence-electron chi connectivity index (χ1n) is 6.02. The molecule has 0 amide bonds. The second-order valence-corrected chi connectivity index (χ2v) is 4.16. The number of ether oxygens (including phenoxy) is 2. The Hall–Kier alpha value is -2.84. The molecule has 9 heteroatoms. The minimum absolute atomic E-state index is 0.0628. The van der Waals surface area contributed by atoms with Gasteiger partial charge in [0.05, 0.1) is 20.8 Å². The molecule has 0 aliphatic carbocycles. The molecule has 116 valence electrons. The van der Waals surface area contributed by atoms with E-state index in [1.165, 1.54) is 6.07 Å². The third-order valence-corrected chi connectivity index (χ3v) is 2.83. The van der Waals surface area contributed by atoms with E-state index >= 15 is 0 Å². The van der Waals surface area contributed by atoms with Crippen molar-refractivity contribution in [2.75, 3.05) is 14.2 Å². The van der Waals surface area contributed by atoms with Gasteiger partial charge < -0.3 is 9.47 Å². The largest absolute Gasteiger partial charge is 0.464 e. The van der Waals surface area contributed by atoms with Crippen LogP contribution in [0.2, 0.25) is 0 Å². The number of benzene rings is 1. The number of hydrogen-bond acceptors (Lipinski definition) is 6. The summed E-state index contributed by atoms with van der Waals surface area (Å²) in [4.78, 5) is 23.3. The first-order chi connectivity index (χ1) is 10.5. The highest BCUT2D eigenvalue weighted by atomic mass is 19.1. The molecule has 0 saturated carbocycles. The summed E-state index contributed by atoms with van der Waals surface area (Å²) in [6, 6.07) is 2.96. The predicted octanol–water partition coefficient (Wildman–Crippen LogP) is 1.18. The molecular weight excluding hydrogens is 300 g/mol. The minimum Gasteiger partial charge on any atom is -0.464 e. The Kier molecular flexibility index (Phi) is 4.44. The Balaban J connectivity index is 2.44. The minimum atomic E-state index is -0.883. The molecule has 0 aliphatic rings. The molecule has 2 rings (SSSR count). The van der Waals surface area contributed by atoms with Gasteiger partial charge in [0, 0.05) is 11.6 Å². The lowest BCUT2D eigenvalue weighted by molar-refractivity contribution is 0.0544. The van der Waals surface area contributed by atoms with Crippen molar-refractivity contribution >= 4 is 11.9 Å². The third kappa shape index (κ3) is 2.92. The molecule has 1 aromatic heterocycles. The van der Waals surface area contributed by atoms with Crippen molar-refractivity contribution in [2.45, 2.75) is 6.54 Å². The maximum atomic E-state index is 13.7. The normalized spacial score (nSPS) is 10.4. The van der Waals surface area contributed by atoms with Gasteiger partial charge in [0.25, 0.3) is 0 Å². The summed E-state index contributed by atoms with van der Waals surface area (Å²) in [5, 5.41) is 7.16. The molecular formula is C13H11F2N3O4. The Bertz CT molecular complexity index is 730. The van der Waals surface area contributed by atoms with Gasteiger partial charge in [-0.15, -0.1) is 5.10 Å². The smallest absolute Gasteiger partial charge is 0.361 e. The van der Waals surface area contributed by atoms with Gasteiger partial charge in [-0.05, 0) is 6.07 Å². The fourth-order valence-electron chi connectivity index (χ4n) is 1.77. The summed E-state index contributed by atoms with van der Waals surface area (Å²) < 4.78 is 36.6. The average molecular weight is 311 g/mol. The van der Waals surface area contributed by atoms with Gasteiger partial charge in [0.1, 0.15) is 11.6 Å². The second kappa shape index (κ2) is 6.29. The summed E-state index contributed by atoms with van der Waals surface area (Å²) in [5.74, 6) is -3.31.